The second kappa shape index (κ2) is 14.3. The van der Waals surface area contributed by atoms with Crippen LogP contribution in [0.4, 0.5) is 0 Å². The molecule has 1 aromatic rings. The lowest BCUT2D eigenvalue weighted by molar-refractivity contribution is 0.605. The Balaban J connectivity index is 2.31. The van der Waals surface area contributed by atoms with E-state index in [1.54, 1.807) is 6.08 Å². The van der Waals surface area contributed by atoms with Gasteiger partial charge in [-0.3, -0.25) is 0 Å². The molecule has 0 aromatic heterocycles. The van der Waals surface area contributed by atoms with Gasteiger partial charge in [0.25, 0.3) is 0 Å². The van der Waals surface area contributed by atoms with Crippen molar-refractivity contribution in [3.8, 4) is 0 Å². The van der Waals surface area contributed by atoms with Crippen LogP contribution in [-0.2, 0) is 12.8 Å². The highest BCUT2D eigenvalue weighted by atomic mass is 14.1. The summed E-state index contributed by atoms with van der Waals surface area (Å²) in [5, 5.41) is 0. The van der Waals surface area contributed by atoms with E-state index in [2.05, 4.69) is 32.0 Å². The van der Waals surface area contributed by atoms with Gasteiger partial charge >= 0.3 is 0 Å². The van der Waals surface area contributed by atoms with Crippen molar-refractivity contribution in [2.24, 2.45) is 0 Å². The van der Waals surface area contributed by atoms with Gasteiger partial charge in [-0.15, -0.1) is 0 Å². The predicted molar refractivity (Wildman–Crippen MR) is 108 cm³/mol. The molecule has 0 heterocycles. The van der Waals surface area contributed by atoms with Crippen molar-refractivity contribution < 1.29 is 0 Å². The van der Waals surface area contributed by atoms with Gasteiger partial charge in [0.2, 0.25) is 0 Å². The van der Waals surface area contributed by atoms with Crippen LogP contribution in [0.1, 0.15) is 108 Å². The Morgan fingerprint density at radius 2 is 1.33 bits per heavy atom. The molecule has 2 radical (unpaired) electrons. The Hall–Kier alpha value is -1.04. The monoisotopic (exact) mass is 326 g/mol. The van der Waals surface area contributed by atoms with Crippen molar-refractivity contribution in [3.05, 3.63) is 41.5 Å². The molecule has 0 atom stereocenters. The maximum atomic E-state index is 5.86. The number of benzene rings is 1. The van der Waals surface area contributed by atoms with Gasteiger partial charge in [-0.25, -0.2) is 0 Å². The van der Waals surface area contributed by atoms with Crippen molar-refractivity contribution in [1.82, 2.24) is 0 Å². The first-order chi connectivity index (χ1) is 11.8. The summed E-state index contributed by atoms with van der Waals surface area (Å²) in [6.45, 7) is 10.4. The smallest absolute Gasteiger partial charge is 0.0146 e. The maximum Gasteiger partial charge on any atom is -0.0146 e. The Bertz CT molecular complexity index is 430. The average molecular weight is 327 g/mol. The fraction of sp³-hybridized carbons (Fsp3) is 0.667. The Morgan fingerprint density at radius 1 is 0.792 bits per heavy atom. The molecule has 0 saturated heterocycles. The molecule has 0 saturated carbocycles. The number of hydrogen-bond acceptors (Lipinski definition) is 0. The first-order valence-electron chi connectivity index (χ1n) is 10.4. The highest BCUT2D eigenvalue weighted by Crippen LogP contribution is 2.18. The van der Waals surface area contributed by atoms with Gasteiger partial charge < -0.3 is 0 Å². The molecule has 0 fully saturated rings. The minimum atomic E-state index is 1.14. The summed E-state index contributed by atoms with van der Waals surface area (Å²) in [5.41, 5.74) is 3.93. The maximum absolute atomic E-state index is 5.86. The first kappa shape index (κ1) is 21.0. The van der Waals surface area contributed by atoms with Crippen molar-refractivity contribution in [3.63, 3.8) is 0 Å². The molecule has 0 bridgehead atoms. The van der Waals surface area contributed by atoms with Crippen LogP contribution in [0.25, 0.3) is 6.08 Å². The molecular weight excluding hydrogens is 288 g/mol. The topological polar surface area (TPSA) is 0 Å². The molecule has 0 aliphatic heterocycles. The minimum absolute atomic E-state index is 1.14. The van der Waals surface area contributed by atoms with E-state index in [9.17, 15) is 0 Å². The van der Waals surface area contributed by atoms with Gasteiger partial charge in [-0.1, -0.05) is 103 Å². The molecule has 0 aliphatic carbocycles. The zero-order valence-electron chi connectivity index (χ0n) is 16.2. The largest absolute Gasteiger partial charge is 0.0654 e. The molecule has 0 spiro atoms. The van der Waals surface area contributed by atoms with Crippen LogP contribution in [0.15, 0.2) is 12.1 Å². The van der Waals surface area contributed by atoms with E-state index in [1.807, 2.05) is 0 Å². The normalized spacial score (nSPS) is 10.9. The van der Waals surface area contributed by atoms with Gasteiger partial charge in [-0.05, 0) is 48.4 Å². The fourth-order valence-corrected chi connectivity index (χ4v) is 3.29. The van der Waals surface area contributed by atoms with Crippen LogP contribution in [0.5, 0.6) is 0 Å². The van der Waals surface area contributed by atoms with E-state index >= 15 is 0 Å². The number of rotatable bonds is 15. The molecule has 1 rings (SSSR count). The highest BCUT2D eigenvalue weighted by Gasteiger charge is 2.03. The number of aryl methyl sites for hydroxylation is 2. The van der Waals surface area contributed by atoms with E-state index in [4.69, 9.17) is 6.58 Å². The number of hydrogen-bond donors (Lipinski definition) is 0. The van der Waals surface area contributed by atoms with Crippen molar-refractivity contribution in [2.45, 2.75) is 104 Å². The predicted octanol–water partition coefficient (Wildman–Crippen LogP) is 7.74. The number of unbranched alkanes of at least 4 members (excludes halogenated alkanes) is 10. The Kier molecular flexibility index (Phi) is 12.5. The average Bonchev–Trinajstić information content (AvgIpc) is 2.61. The van der Waals surface area contributed by atoms with Crippen molar-refractivity contribution >= 4 is 6.08 Å². The third-order valence-corrected chi connectivity index (χ3v) is 4.91. The third kappa shape index (κ3) is 9.30. The standard InChI is InChI=1S/C24H38/c1-4-7-9-11-13-15-17-22-19-20-24(23(6-3)21-22)18-16-14-12-10-8-5-2/h3,6,20-21H,4-5,7-18H2,1-2H3. The van der Waals surface area contributed by atoms with Crippen molar-refractivity contribution in [1.29, 1.82) is 0 Å². The lowest BCUT2D eigenvalue weighted by Gasteiger charge is -2.09. The van der Waals surface area contributed by atoms with Crippen LogP contribution in [0.3, 0.4) is 0 Å². The first-order valence-corrected chi connectivity index (χ1v) is 10.4. The van der Waals surface area contributed by atoms with E-state index in [0.717, 1.165) is 12.8 Å². The minimum Gasteiger partial charge on any atom is -0.0654 e. The summed E-state index contributed by atoms with van der Waals surface area (Å²) >= 11 is 0. The summed E-state index contributed by atoms with van der Waals surface area (Å²) in [4.78, 5) is 0. The Labute approximate surface area is 151 Å². The summed E-state index contributed by atoms with van der Waals surface area (Å²) in [5.74, 6) is 0. The molecule has 1 aromatic carbocycles. The summed E-state index contributed by atoms with van der Waals surface area (Å²) in [7, 11) is 0. The highest BCUT2D eigenvalue weighted by molar-refractivity contribution is 5.52. The van der Waals surface area contributed by atoms with Crippen LogP contribution < -0.4 is 0 Å². The molecule has 24 heavy (non-hydrogen) atoms. The Morgan fingerprint density at radius 3 is 1.92 bits per heavy atom. The van der Waals surface area contributed by atoms with Gasteiger partial charge in [0.1, 0.15) is 0 Å². The van der Waals surface area contributed by atoms with E-state index in [0.29, 0.717) is 0 Å². The lowest BCUT2D eigenvalue weighted by Crippen LogP contribution is -1.94. The van der Waals surface area contributed by atoms with Gasteiger partial charge in [-0.2, -0.15) is 0 Å². The van der Waals surface area contributed by atoms with Gasteiger partial charge in [0, 0.05) is 0 Å². The van der Waals surface area contributed by atoms with Crippen molar-refractivity contribution in [2.75, 3.05) is 0 Å². The molecule has 0 amide bonds. The molecule has 0 unspecified atom stereocenters. The molecule has 0 heteroatoms. The summed E-state index contributed by atoms with van der Waals surface area (Å²) < 4.78 is 0. The van der Waals surface area contributed by atoms with Crippen LogP contribution in [0, 0.1) is 12.6 Å². The molecule has 134 valence electrons. The zero-order valence-corrected chi connectivity index (χ0v) is 16.2. The quantitative estimate of drug-likeness (QED) is 0.289. The van der Waals surface area contributed by atoms with Crippen LogP contribution >= 0.6 is 0 Å². The van der Waals surface area contributed by atoms with Crippen LogP contribution in [0.2, 0.25) is 0 Å². The van der Waals surface area contributed by atoms with E-state index in [1.165, 1.54) is 93.7 Å². The molecular formula is C24H38. The van der Waals surface area contributed by atoms with Gasteiger partial charge in [0.05, 0.1) is 0 Å². The van der Waals surface area contributed by atoms with E-state index in [-0.39, 0.29) is 0 Å². The van der Waals surface area contributed by atoms with Crippen LogP contribution in [-0.4, -0.2) is 0 Å². The zero-order chi connectivity index (χ0) is 17.5. The second-order valence-electron chi connectivity index (χ2n) is 7.14. The molecule has 0 aliphatic rings. The summed E-state index contributed by atoms with van der Waals surface area (Å²) in [6, 6.07) is 7.95. The third-order valence-electron chi connectivity index (χ3n) is 4.91. The lowest BCUT2D eigenvalue weighted by atomic mass is 9.96. The fourth-order valence-electron chi connectivity index (χ4n) is 3.29. The SMILES string of the molecule is [CH]=Cc1cc(CCCCCCCC)[c]cc1CCCCCCCC. The summed E-state index contributed by atoms with van der Waals surface area (Å²) in [6.07, 6.45) is 20.2. The van der Waals surface area contributed by atoms with E-state index < -0.39 is 0 Å². The molecule has 0 N–H and O–H groups in total. The molecule has 0 nitrogen and oxygen atoms in total. The second-order valence-corrected chi connectivity index (χ2v) is 7.14. The van der Waals surface area contributed by atoms with Gasteiger partial charge in [0.15, 0.2) is 0 Å².